The number of aromatic nitrogens is 4. The second-order valence-corrected chi connectivity index (χ2v) is 8.40. The number of fused-ring (bicyclic) bond motifs is 1. The van der Waals surface area contributed by atoms with Crippen molar-refractivity contribution in [1.82, 2.24) is 19.1 Å². The maximum Gasteiger partial charge on any atom is 0.332 e. The van der Waals surface area contributed by atoms with E-state index in [1.807, 2.05) is 45.0 Å². The normalized spacial score (nSPS) is 11.1. The van der Waals surface area contributed by atoms with Crippen LogP contribution in [0.5, 0.6) is 5.75 Å². The van der Waals surface area contributed by atoms with Gasteiger partial charge in [0.2, 0.25) is 0 Å². The van der Waals surface area contributed by atoms with Crippen molar-refractivity contribution in [3.8, 4) is 17.1 Å². The third-order valence-electron chi connectivity index (χ3n) is 5.59. The third kappa shape index (κ3) is 5.18. The van der Waals surface area contributed by atoms with E-state index in [0.29, 0.717) is 47.9 Å². The molecule has 182 valence electrons. The van der Waals surface area contributed by atoms with Gasteiger partial charge in [0, 0.05) is 24.3 Å². The Morgan fingerprint density at radius 1 is 0.971 bits per heavy atom. The van der Waals surface area contributed by atoms with Gasteiger partial charge in [-0.3, -0.25) is 18.7 Å². The fourth-order valence-electron chi connectivity index (χ4n) is 3.84. The van der Waals surface area contributed by atoms with Gasteiger partial charge in [-0.15, -0.1) is 0 Å². The number of aryl methyl sites for hydroxylation is 2. The van der Waals surface area contributed by atoms with Gasteiger partial charge in [0.05, 0.1) is 0 Å². The molecule has 0 aliphatic carbocycles. The number of H-pyrrole nitrogens is 1. The first-order chi connectivity index (χ1) is 16.9. The first-order valence-corrected chi connectivity index (χ1v) is 11.7. The number of ether oxygens (including phenoxy) is 1. The molecule has 0 saturated heterocycles. The molecule has 0 aliphatic rings. The van der Waals surface area contributed by atoms with E-state index >= 15 is 0 Å². The molecule has 0 radical (unpaired) electrons. The van der Waals surface area contributed by atoms with Crippen LogP contribution in [0.3, 0.4) is 0 Å². The van der Waals surface area contributed by atoms with Crippen molar-refractivity contribution < 1.29 is 9.53 Å². The zero-order chi connectivity index (χ0) is 24.9. The molecule has 0 bridgehead atoms. The van der Waals surface area contributed by atoms with E-state index in [1.54, 1.807) is 28.8 Å². The molecule has 9 nitrogen and oxygen atoms in total. The largest absolute Gasteiger partial charge is 0.484 e. The molecule has 4 aromatic rings. The summed E-state index contributed by atoms with van der Waals surface area (Å²) in [7, 11) is 0. The summed E-state index contributed by atoms with van der Waals surface area (Å²) in [5.41, 5.74) is 2.53. The lowest BCUT2D eigenvalue weighted by Crippen LogP contribution is -2.40. The van der Waals surface area contributed by atoms with Crippen LogP contribution in [0.1, 0.15) is 32.3 Å². The van der Waals surface area contributed by atoms with Crippen molar-refractivity contribution in [3.05, 3.63) is 74.9 Å². The monoisotopic (exact) mass is 475 g/mol. The van der Waals surface area contributed by atoms with Gasteiger partial charge in [-0.25, -0.2) is 9.78 Å². The number of nitrogens with zero attached hydrogens (tertiary/aromatic N) is 3. The number of benzene rings is 2. The van der Waals surface area contributed by atoms with Crippen LogP contribution >= 0.6 is 0 Å². The summed E-state index contributed by atoms with van der Waals surface area (Å²) in [6, 6.07) is 14.6. The molecule has 2 N–H and O–H groups in total. The molecule has 0 fully saturated rings. The number of rotatable bonds is 9. The second-order valence-electron chi connectivity index (χ2n) is 8.40. The van der Waals surface area contributed by atoms with Gasteiger partial charge in [-0.05, 0) is 56.2 Å². The Balaban J connectivity index is 1.52. The van der Waals surface area contributed by atoms with Crippen LogP contribution in [0.15, 0.2) is 58.1 Å². The molecule has 0 saturated carbocycles. The second kappa shape index (κ2) is 10.4. The number of anilines is 1. The SMILES string of the molecule is CCCn1c(=O)c2[nH]c(-c3ccc(OCC(=O)Nc4ccc(C)cc4)cc3)nc2n(CCC)c1=O. The molecule has 2 aromatic heterocycles. The third-order valence-corrected chi connectivity index (χ3v) is 5.59. The Labute approximate surface area is 202 Å². The Morgan fingerprint density at radius 3 is 2.29 bits per heavy atom. The molecule has 0 atom stereocenters. The summed E-state index contributed by atoms with van der Waals surface area (Å²) in [6.07, 6.45) is 1.42. The predicted molar refractivity (Wildman–Crippen MR) is 136 cm³/mol. The minimum Gasteiger partial charge on any atom is -0.484 e. The molecule has 2 aromatic carbocycles. The van der Waals surface area contributed by atoms with Gasteiger partial charge < -0.3 is 15.0 Å². The summed E-state index contributed by atoms with van der Waals surface area (Å²) in [5.74, 6) is 0.754. The lowest BCUT2D eigenvalue weighted by atomic mass is 10.2. The van der Waals surface area contributed by atoms with Crippen molar-refractivity contribution in [3.63, 3.8) is 0 Å². The number of hydrogen-bond donors (Lipinski definition) is 2. The molecule has 0 unspecified atom stereocenters. The fourth-order valence-corrected chi connectivity index (χ4v) is 3.84. The number of amides is 1. The number of aromatic amines is 1. The zero-order valence-electron chi connectivity index (χ0n) is 20.1. The van der Waals surface area contributed by atoms with Crippen LogP contribution in [0.25, 0.3) is 22.6 Å². The molecule has 0 spiro atoms. The molecule has 35 heavy (non-hydrogen) atoms. The van der Waals surface area contributed by atoms with Crippen LogP contribution in [-0.4, -0.2) is 31.6 Å². The lowest BCUT2D eigenvalue weighted by Gasteiger charge is -2.09. The maximum absolute atomic E-state index is 12.9. The van der Waals surface area contributed by atoms with Crippen LogP contribution in [0.4, 0.5) is 5.69 Å². The molecule has 4 rings (SSSR count). The fraction of sp³-hybridized carbons (Fsp3) is 0.308. The highest BCUT2D eigenvalue weighted by atomic mass is 16.5. The summed E-state index contributed by atoms with van der Waals surface area (Å²) in [5, 5.41) is 2.79. The topological polar surface area (TPSA) is 111 Å². The molecule has 0 aliphatic heterocycles. The standard InChI is InChI=1S/C26H29N5O4/c1-4-14-30-24-22(25(33)31(15-5-2)26(30)34)28-23(29-24)18-8-12-20(13-9-18)35-16-21(32)27-19-10-6-17(3)7-11-19/h6-13H,4-5,14-16H2,1-3H3,(H,27,32)(H,28,29). The Bertz CT molecular complexity index is 1450. The van der Waals surface area contributed by atoms with Crippen molar-refractivity contribution in [2.75, 3.05) is 11.9 Å². The van der Waals surface area contributed by atoms with Gasteiger partial charge in [0.1, 0.15) is 17.1 Å². The van der Waals surface area contributed by atoms with E-state index in [1.165, 1.54) is 4.57 Å². The van der Waals surface area contributed by atoms with Crippen molar-refractivity contribution in [2.24, 2.45) is 0 Å². The summed E-state index contributed by atoms with van der Waals surface area (Å²) in [4.78, 5) is 45.6. The van der Waals surface area contributed by atoms with E-state index in [2.05, 4.69) is 15.3 Å². The Hall–Kier alpha value is -4.14. The molecular formula is C26H29N5O4. The van der Waals surface area contributed by atoms with Crippen LogP contribution in [-0.2, 0) is 17.9 Å². The highest BCUT2D eigenvalue weighted by Crippen LogP contribution is 2.22. The number of hydrogen-bond acceptors (Lipinski definition) is 5. The van der Waals surface area contributed by atoms with Crippen LogP contribution in [0, 0.1) is 6.92 Å². The average Bonchev–Trinajstić information content (AvgIpc) is 3.30. The number of nitrogens with one attached hydrogen (secondary N) is 2. The highest BCUT2D eigenvalue weighted by Gasteiger charge is 2.17. The highest BCUT2D eigenvalue weighted by molar-refractivity contribution is 5.91. The first-order valence-electron chi connectivity index (χ1n) is 11.7. The molecular weight excluding hydrogens is 446 g/mol. The van der Waals surface area contributed by atoms with Crippen LogP contribution < -0.4 is 21.3 Å². The van der Waals surface area contributed by atoms with Gasteiger partial charge in [-0.1, -0.05) is 31.5 Å². The average molecular weight is 476 g/mol. The van der Waals surface area contributed by atoms with E-state index < -0.39 is 0 Å². The van der Waals surface area contributed by atoms with Gasteiger partial charge in [-0.2, -0.15) is 0 Å². The minimum atomic E-state index is -0.363. The van der Waals surface area contributed by atoms with Gasteiger partial charge >= 0.3 is 5.69 Å². The van der Waals surface area contributed by atoms with Gasteiger partial charge in [0.15, 0.2) is 12.3 Å². The Morgan fingerprint density at radius 2 is 1.63 bits per heavy atom. The van der Waals surface area contributed by atoms with Crippen molar-refractivity contribution in [1.29, 1.82) is 0 Å². The molecule has 9 heteroatoms. The number of carbonyl (C=O) groups is 1. The minimum absolute atomic E-state index is 0.127. The van der Waals surface area contributed by atoms with E-state index in [9.17, 15) is 14.4 Å². The smallest absolute Gasteiger partial charge is 0.332 e. The van der Waals surface area contributed by atoms with Crippen molar-refractivity contribution >= 4 is 22.8 Å². The van der Waals surface area contributed by atoms with E-state index in [4.69, 9.17) is 4.74 Å². The number of imidazole rings is 1. The van der Waals surface area contributed by atoms with Crippen LogP contribution in [0.2, 0.25) is 0 Å². The molecule has 1 amide bonds. The van der Waals surface area contributed by atoms with E-state index in [0.717, 1.165) is 17.5 Å². The zero-order valence-corrected chi connectivity index (χ0v) is 20.1. The summed E-state index contributed by atoms with van der Waals surface area (Å²) >= 11 is 0. The van der Waals surface area contributed by atoms with E-state index in [-0.39, 0.29) is 23.8 Å². The first kappa shape index (κ1) is 24.0. The predicted octanol–water partition coefficient (Wildman–Crippen LogP) is 3.70. The lowest BCUT2D eigenvalue weighted by molar-refractivity contribution is -0.118. The Kier molecular flexibility index (Phi) is 7.14. The van der Waals surface area contributed by atoms with Gasteiger partial charge in [0.25, 0.3) is 11.5 Å². The summed E-state index contributed by atoms with van der Waals surface area (Å²) < 4.78 is 8.42. The maximum atomic E-state index is 12.9. The molecule has 2 heterocycles. The summed E-state index contributed by atoms with van der Waals surface area (Å²) in [6.45, 7) is 6.58. The number of carbonyl (C=O) groups excluding carboxylic acids is 1. The van der Waals surface area contributed by atoms with Crippen molar-refractivity contribution in [2.45, 2.75) is 46.7 Å². The quantitative estimate of drug-likeness (QED) is 0.383.